The van der Waals surface area contributed by atoms with Crippen LogP contribution in [0.25, 0.3) is 0 Å². The van der Waals surface area contributed by atoms with Gasteiger partial charge in [0, 0.05) is 23.8 Å². The number of carbonyl (C=O) groups is 1. The van der Waals surface area contributed by atoms with Gasteiger partial charge in [0.25, 0.3) is 0 Å². The lowest BCUT2D eigenvalue weighted by Gasteiger charge is -2.30. The summed E-state index contributed by atoms with van der Waals surface area (Å²) in [7, 11) is 0. The SMILES string of the molecule is CCOc1ccc(N2C=CN=C(C)C2C(=O)O)cc1CC(C)C. The number of hydrogen-bond donors (Lipinski definition) is 1. The first-order valence-corrected chi connectivity index (χ1v) is 7.91. The van der Waals surface area contributed by atoms with Crippen LogP contribution < -0.4 is 9.64 Å². The molecule has 1 aromatic rings. The molecule has 1 aliphatic rings. The molecule has 0 fully saturated rings. The summed E-state index contributed by atoms with van der Waals surface area (Å²) in [4.78, 5) is 17.5. The number of nitrogens with zero attached hydrogens (tertiary/aromatic N) is 2. The quantitative estimate of drug-likeness (QED) is 0.872. The van der Waals surface area contributed by atoms with Crippen LogP contribution in [-0.2, 0) is 11.2 Å². The van der Waals surface area contributed by atoms with Crippen molar-refractivity contribution >= 4 is 17.4 Å². The van der Waals surface area contributed by atoms with Crippen LogP contribution in [0.1, 0.15) is 33.3 Å². The van der Waals surface area contributed by atoms with Crippen LogP contribution in [0.3, 0.4) is 0 Å². The van der Waals surface area contributed by atoms with Crippen molar-refractivity contribution in [2.45, 2.75) is 40.2 Å². The minimum atomic E-state index is -0.908. The zero-order valence-corrected chi connectivity index (χ0v) is 14.1. The predicted octanol–water partition coefficient (Wildman–Crippen LogP) is 3.49. The summed E-state index contributed by atoms with van der Waals surface area (Å²) >= 11 is 0. The van der Waals surface area contributed by atoms with E-state index in [0.29, 0.717) is 18.2 Å². The molecular formula is C18H24N2O3. The van der Waals surface area contributed by atoms with Crippen molar-refractivity contribution in [1.82, 2.24) is 0 Å². The minimum absolute atomic E-state index is 0.486. The second-order valence-electron chi connectivity index (χ2n) is 6.04. The van der Waals surface area contributed by atoms with Gasteiger partial charge in [-0.05, 0) is 49.9 Å². The molecule has 0 bridgehead atoms. The summed E-state index contributed by atoms with van der Waals surface area (Å²) in [5.41, 5.74) is 2.50. The van der Waals surface area contributed by atoms with Gasteiger partial charge in [-0.15, -0.1) is 0 Å². The zero-order chi connectivity index (χ0) is 17.0. The van der Waals surface area contributed by atoms with Crippen molar-refractivity contribution in [3.63, 3.8) is 0 Å². The average Bonchev–Trinajstić information content (AvgIpc) is 2.48. The number of ether oxygens (including phenoxy) is 1. The second kappa shape index (κ2) is 7.31. The van der Waals surface area contributed by atoms with E-state index >= 15 is 0 Å². The van der Waals surface area contributed by atoms with Crippen molar-refractivity contribution in [2.75, 3.05) is 11.5 Å². The van der Waals surface area contributed by atoms with Gasteiger partial charge < -0.3 is 14.7 Å². The van der Waals surface area contributed by atoms with E-state index in [2.05, 4.69) is 18.8 Å². The van der Waals surface area contributed by atoms with Crippen LogP contribution in [0.15, 0.2) is 35.6 Å². The molecule has 1 unspecified atom stereocenters. The van der Waals surface area contributed by atoms with Crippen LogP contribution in [0.4, 0.5) is 5.69 Å². The number of aliphatic imine (C=N–C) groups is 1. The summed E-state index contributed by atoms with van der Waals surface area (Å²) in [5.74, 6) is 0.443. The topological polar surface area (TPSA) is 62.1 Å². The Morgan fingerprint density at radius 2 is 2.17 bits per heavy atom. The molecule has 0 spiro atoms. The summed E-state index contributed by atoms with van der Waals surface area (Å²) in [6, 6.07) is 5.06. The molecule has 0 saturated heterocycles. The largest absolute Gasteiger partial charge is 0.494 e. The van der Waals surface area contributed by atoms with E-state index < -0.39 is 12.0 Å². The van der Waals surface area contributed by atoms with E-state index in [1.807, 2.05) is 25.1 Å². The number of carboxylic acids is 1. The van der Waals surface area contributed by atoms with E-state index in [0.717, 1.165) is 23.4 Å². The molecule has 1 aliphatic heterocycles. The van der Waals surface area contributed by atoms with Gasteiger partial charge in [-0.2, -0.15) is 0 Å². The van der Waals surface area contributed by atoms with Gasteiger partial charge >= 0.3 is 5.97 Å². The van der Waals surface area contributed by atoms with Gasteiger partial charge in [-0.1, -0.05) is 13.8 Å². The normalized spacial score (nSPS) is 17.3. The lowest BCUT2D eigenvalue weighted by molar-refractivity contribution is -0.136. The van der Waals surface area contributed by atoms with Crippen molar-refractivity contribution in [1.29, 1.82) is 0 Å². The van der Waals surface area contributed by atoms with E-state index in [9.17, 15) is 9.90 Å². The molecule has 0 amide bonds. The lowest BCUT2D eigenvalue weighted by atomic mass is 10.0. The van der Waals surface area contributed by atoms with E-state index in [1.165, 1.54) is 0 Å². The maximum Gasteiger partial charge on any atom is 0.332 e. The summed E-state index contributed by atoms with van der Waals surface area (Å²) in [5, 5.41) is 9.51. The standard InChI is InChI=1S/C18H24N2O3/c1-5-23-16-7-6-15(11-14(16)10-12(2)3)20-9-8-19-13(4)17(20)18(21)22/h6-9,11-12,17H,5,10H2,1-4H3,(H,21,22). The summed E-state index contributed by atoms with van der Waals surface area (Å²) < 4.78 is 5.70. The molecule has 0 saturated carbocycles. The van der Waals surface area contributed by atoms with Crippen molar-refractivity contribution in [3.05, 3.63) is 36.2 Å². The maximum atomic E-state index is 11.6. The van der Waals surface area contributed by atoms with E-state index in [1.54, 1.807) is 24.2 Å². The molecule has 1 N–H and O–H groups in total. The molecule has 124 valence electrons. The Morgan fingerprint density at radius 3 is 2.78 bits per heavy atom. The third-order valence-electron chi connectivity index (χ3n) is 3.68. The van der Waals surface area contributed by atoms with Crippen LogP contribution in [0.5, 0.6) is 5.75 Å². The number of anilines is 1. The molecule has 1 heterocycles. The van der Waals surface area contributed by atoms with Crippen molar-refractivity contribution < 1.29 is 14.6 Å². The smallest absolute Gasteiger partial charge is 0.332 e. The third kappa shape index (κ3) is 3.92. The Balaban J connectivity index is 2.40. The molecule has 23 heavy (non-hydrogen) atoms. The fraction of sp³-hybridized carbons (Fsp3) is 0.444. The highest BCUT2D eigenvalue weighted by Gasteiger charge is 2.29. The van der Waals surface area contributed by atoms with E-state index in [-0.39, 0.29) is 0 Å². The molecule has 0 radical (unpaired) electrons. The highest BCUT2D eigenvalue weighted by Crippen LogP contribution is 2.30. The second-order valence-corrected chi connectivity index (χ2v) is 6.04. The molecule has 0 aromatic heterocycles. The number of aliphatic carboxylic acids is 1. The predicted molar refractivity (Wildman–Crippen MR) is 92.3 cm³/mol. The third-order valence-corrected chi connectivity index (χ3v) is 3.68. The Hall–Kier alpha value is -2.30. The number of benzene rings is 1. The molecule has 0 aliphatic carbocycles. The van der Waals surface area contributed by atoms with Gasteiger partial charge in [0.2, 0.25) is 0 Å². The Kier molecular flexibility index (Phi) is 5.42. The molecule has 1 atom stereocenters. The highest BCUT2D eigenvalue weighted by atomic mass is 16.5. The molecular weight excluding hydrogens is 292 g/mol. The van der Waals surface area contributed by atoms with E-state index in [4.69, 9.17) is 4.74 Å². The van der Waals surface area contributed by atoms with Gasteiger partial charge in [0.1, 0.15) is 5.75 Å². The number of rotatable bonds is 6. The first-order chi connectivity index (χ1) is 10.9. The molecule has 5 heteroatoms. The minimum Gasteiger partial charge on any atom is -0.494 e. The number of hydrogen-bond acceptors (Lipinski definition) is 4. The maximum absolute atomic E-state index is 11.6. The van der Waals surface area contributed by atoms with Crippen LogP contribution in [0, 0.1) is 5.92 Å². The van der Waals surface area contributed by atoms with Crippen molar-refractivity contribution in [3.8, 4) is 5.75 Å². The van der Waals surface area contributed by atoms with Gasteiger partial charge in [0.15, 0.2) is 6.04 Å². The first-order valence-electron chi connectivity index (χ1n) is 7.91. The van der Waals surface area contributed by atoms with Gasteiger partial charge in [0.05, 0.1) is 6.61 Å². The molecule has 1 aromatic carbocycles. The Morgan fingerprint density at radius 1 is 1.43 bits per heavy atom. The highest BCUT2D eigenvalue weighted by molar-refractivity contribution is 6.08. The summed E-state index contributed by atoms with van der Waals surface area (Å²) in [6.45, 7) is 8.61. The van der Waals surface area contributed by atoms with Gasteiger partial charge in [-0.25, -0.2) is 4.79 Å². The molecule has 5 nitrogen and oxygen atoms in total. The van der Waals surface area contributed by atoms with Crippen molar-refractivity contribution in [2.24, 2.45) is 10.9 Å². The monoisotopic (exact) mass is 316 g/mol. The zero-order valence-electron chi connectivity index (χ0n) is 14.1. The van der Waals surface area contributed by atoms with Crippen LogP contribution >= 0.6 is 0 Å². The Labute approximate surface area is 137 Å². The lowest BCUT2D eigenvalue weighted by Crippen LogP contribution is -2.44. The fourth-order valence-electron chi connectivity index (χ4n) is 2.74. The average molecular weight is 316 g/mol. The van der Waals surface area contributed by atoms with Crippen LogP contribution in [0.2, 0.25) is 0 Å². The first kappa shape index (κ1) is 17.1. The fourth-order valence-corrected chi connectivity index (χ4v) is 2.74. The summed E-state index contributed by atoms with van der Waals surface area (Å²) in [6.07, 6.45) is 4.22. The Bertz CT molecular complexity index is 635. The van der Waals surface area contributed by atoms with Crippen LogP contribution in [-0.4, -0.2) is 29.4 Å². The molecule has 2 rings (SSSR count). The number of carboxylic acid groups (broad SMARTS) is 1. The van der Waals surface area contributed by atoms with Gasteiger partial charge in [-0.3, -0.25) is 4.99 Å².